The number of hydrogen-bond donors (Lipinski definition) is 1. The number of benzene rings is 2. The minimum Gasteiger partial charge on any atom is -0.367 e. The molecule has 0 saturated heterocycles. The first-order valence-electron chi connectivity index (χ1n) is 9.43. The second-order valence-corrected chi connectivity index (χ2v) is 7.10. The summed E-state index contributed by atoms with van der Waals surface area (Å²) in [7, 11) is 0. The van der Waals surface area contributed by atoms with Crippen molar-refractivity contribution in [3.05, 3.63) is 66.2 Å². The zero-order chi connectivity index (χ0) is 17.3. The van der Waals surface area contributed by atoms with Gasteiger partial charge in [0.25, 0.3) is 0 Å². The van der Waals surface area contributed by atoms with Gasteiger partial charge in [0.1, 0.15) is 11.6 Å². The summed E-state index contributed by atoms with van der Waals surface area (Å²) in [5, 5.41) is 3.55. The molecule has 0 radical (unpaired) electrons. The van der Waals surface area contributed by atoms with E-state index in [0.29, 0.717) is 6.04 Å². The number of rotatable bonds is 4. The van der Waals surface area contributed by atoms with Crippen molar-refractivity contribution < 1.29 is 0 Å². The predicted molar refractivity (Wildman–Crippen MR) is 106 cm³/mol. The van der Waals surface area contributed by atoms with Crippen LogP contribution in [-0.2, 0) is 6.42 Å². The fourth-order valence-electron chi connectivity index (χ4n) is 3.57. The highest BCUT2D eigenvalue weighted by Crippen LogP contribution is 2.35. The SMILES string of the molecule is c1ccc(-c2nc(NC3CC3)cc(N3CCCc4ccccc43)n2)cc1. The summed E-state index contributed by atoms with van der Waals surface area (Å²) < 4.78 is 0. The van der Waals surface area contributed by atoms with E-state index in [2.05, 4.69) is 52.7 Å². The number of nitrogens with zero attached hydrogens (tertiary/aromatic N) is 3. The van der Waals surface area contributed by atoms with Gasteiger partial charge in [-0.15, -0.1) is 0 Å². The van der Waals surface area contributed by atoms with Gasteiger partial charge in [0.15, 0.2) is 5.82 Å². The van der Waals surface area contributed by atoms with Gasteiger partial charge in [0, 0.05) is 29.9 Å². The number of anilines is 3. The Morgan fingerprint density at radius 3 is 2.58 bits per heavy atom. The summed E-state index contributed by atoms with van der Waals surface area (Å²) in [6, 6.07) is 21.6. The molecule has 0 atom stereocenters. The van der Waals surface area contributed by atoms with E-state index in [-0.39, 0.29) is 0 Å². The molecule has 2 aromatic carbocycles. The summed E-state index contributed by atoms with van der Waals surface area (Å²) in [5.74, 6) is 2.70. The number of fused-ring (bicyclic) bond motifs is 1. The predicted octanol–water partition coefficient (Wildman–Crippen LogP) is 4.80. The Bertz CT molecular complexity index is 918. The van der Waals surface area contributed by atoms with Crippen LogP contribution in [0.5, 0.6) is 0 Å². The van der Waals surface area contributed by atoms with E-state index in [1.807, 2.05) is 18.2 Å². The molecule has 0 bridgehead atoms. The zero-order valence-corrected chi connectivity index (χ0v) is 14.7. The van der Waals surface area contributed by atoms with Gasteiger partial charge in [-0.1, -0.05) is 48.5 Å². The maximum absolute atomic E-state index is 4.93. The molecule has 26 heavy (non-hydrogen) atoms. The van der Waals surface area contributed by atoms with Crippen LogP contribution in [0.3, 0.4) is 0 Å². The molecule has 0 unspecified atom stereocenters. The summed E-state index contributed by atoms with van der Waals surface area (Å²) >= 11 is 0. The van der Waals surface area contributed by atoms with Crippen molar-refractivity contribution in [1.82, 2.24) is 9.97 Å². The van der Waals surface area contributed by atoms with E-state index in [1.165, 1.54) is 24.1 Å². The topological polar surface area (TPSA) is 41.1 Å². The third-order valence-electron chi connectivity index (χ3n) is 5.06. The van der Waals surface area contributed by atoms with E-state index >= 15 is 0 Å². The van der Waals surface area contributed by atoms with Crippen molar-refractivity contribution >= 4 is 17.3 Å². The molecular weight excluding hydrogens is 320 g/mol. The second kappa shape index (κ2) is 6.45. The van der Waals surface area contributed by atoms with Gasteiger partial charge in [-0.25, -0.2) is 9.97 Å². The number of aryl methyl sites for hydroxylation is 1. The molecule has 2 heterocycles. The number of hydrogen-bond acceptors (Lipinski definition) is 4. The molecule has 1 N–H and O–H groups in total. The van der Waals surface area contributed by atoms with Crippen LogP contribution >= 0.6 is 0 Å². The fraction of sp³-hybridized carbons (Fsp3) is 0.273. The van der Waals surface area contributed by atoms with Crippen molar-refractivity contribution in [3.8, 4) is 11.4 Å². The third kappa shape index (κ3) is 3.03. The third-order valence-corrected chi connectivity index (χ3v) is 5.06. The molecule has 4 nitrogen and oxygen atoms in total. The molecule has 1 aliphatic carbocycles. The van der Waals surface area contributed by atoms with Gasteiger partial charge in [0.2, 0.25) is 0 Å². The molecule has 1 aromatic heterocycles. The molecule has 3 aromatic rings. The molecule has 130 valence electrons. The highest BCUT2D eigenvalue weighted by molar-refractivity contribution is 5.70. The van der Waals surface area contributed by atoms with Crippen LogP contribution in [0.25, 0.3) is 11.4 Å². The average Bonchev–Trinajstić information content (AvgIpc) is 3.52. The largest absolute Gasteiger partial charge is 0.367 e. The molecule has 1 fully saturated rings. The minimum absolute atomic E-state index is 0.565. The highest BCUT2D eigenvalue weighted by Gasteiger charge is 2.24. The van der Waals surface area contributed by atoms with Gasteiger partial charge in [-0.2, -0.15) is 0 Å². The van der Waals surface area contributed by atoms with Crippen molar-refractivity contribution in [1.29, 1.82) is 0 Å². The Hall–Kier alpha value is -2.88. The van der Waals surface area contributed by atoms with Crippen LogP contribution in [0.15, 0.2) is 60.7 Å². The lowest BCUT2D eigenvalue weighted by molar-refractivity contribution is 0.759. The Labute approximate surface area is 153 Å². The fourth-order valence-corrected chi connectivity index (χ4v) is 3.57. The van der Waals surface area contributed by atoms with Crippen LogP contribution in [-0.4, -0.2) is 22.6 Å². The molecule has 0 amide bonds. The van der Waals surface area contributed by atoms with Crippen molar-refractivity contribution in [2.45, 2.75) is 31.7 Å². The Kier molecular flexibility index (Phi) is 3.81. The number of para-hydroxylation sites is 1. The molecule has 1 aliphatic heterocycles. The maximum atomic E-state index is 4.93. The smallest absolute Gasteiger partial charge is 0.163 e. The first-order chi connectivity index (χ1) is 12.9. The normalized spacial score (nSPS) is 16.2. The van der Waals surface area contributed by atoms with Crippen molar-refractivity contribution in [3.63, 3.8) is 0 Å². The van der Waals surface area contributed by atoms with E-state index in [9.17, 15) is 0 Å². The quantitative estimate of drug-likeness (QED) is 0.739. The minimum atomic E-state index is 0.565. The molecule has 1 saturated carbocycles. The molecule has 0 spiro atoms. The molecule has 5 rings (SSSR count). The molecular formula is C22H22N4. The van der Waals surface area contributed by atoms with Gasteiger partial charge in [-0.3, -0.25) is 0 Å². The highest BCUT2D eigenvalue weighted by atomic mass is 15.2. The first kappa shape index (κ1) is 15.4. The van der Waals surface area contributed by atoms with Gasteiger partial charge in [-0.05, 0) is 37.3 Å². The number of aromatic nitrogens is 2. The summed E-state index contributed by atoms with van der Waals surface area (Å²) in [5.41, 5.74) is 3.72. The lowest BCUT2D eigenvalue weighted by Crippen LogP contribution is -2.25. The van der Waals surface area contributed by atoms with Gasteiger partial charge < -0.3 is 10.2 Å². The Morgan fingerprint density at radius 2 is 1.73 bits per heavy atom. The van der Waals surface area contributed by atoms with E-state index in [0.717, 1.165) is 42.4 Å². The molecule has 4 heteroatoms. The van der Waals surface area contributed by atoms with Crippen LogP contribution in [0, 0.1) is 0 Å². The first-order valence-corrected chi connectivity index (χ1v) is 9.43. The monoisotopic (exact) mass is 342 g/mol. The Balaban J connectivity index is 1.60. The van der Waals surface area contributed by atoms with Crippen LogP contribution in [0.4, 0.5) is 17.3 Å². The summed E-state index contributed by atoms with van der Waals surface area (Å²) in [4.78, 5) is 12.1. The summed E-state index contributed by atoms with van der Waals surface area (Å²) in [6.45, 7) is 0.991. The van der Waals surface area contributed by atoms with Gasteiger partial charge >= 0.3 is 0 Å². The summed E-state index contributed by atoms with van der Waals surface area (Å²) in [6.07, 6.45) is 4.74. The molecule has 2 aliphatic rings. The van der Waals surface area contributed by atoms with Gasteiger partial charge in [0.05, 0.1) is 0 Å². The van der Waals surface area contributed by atoms with Crippen LogP contribution < -0.4 is 10.2 Å². The van der Waals surface area contributed by atoms with Crippen molar-refractivity contribution in [2.75, 3.05) is 16.8 Å². The number of nitrogens with one attached hydrogen (secondary N) is 1. The second-order valence-electron chi connectivity index (χ2n) is 7.10. The van der Waals surface area contributed by atoms with E-state index < -0.39 is 0 Å². The van der Waals surface area contributed by atoms with Crippen LogP contribution in [0.1, 0.15) is 24.8 Å². The lowest BCUT2D eigenvalue weighted by atomic mass is 10.0. The Morgan fingerprint density at radius 1 is 0.923 bits per heavy atom. The van der Waals surface area contributed by atoms with Crippen molar-refractivity contribution in [2.24, 2.45) is 0 Å². The maximum Gasteiger partial charge on any atom is 0.163 e. The standard InChI is InChI=1S/C22H22N4/c1-2-8-17(9-3-1)22-24-20(23-18-12-13-18)15-21(25-22)26-14-6-10-16-7-4-5-11-19(16)26/h1-5,7-9,11,15,18H,6,10,12-14H2,(H,23,24,25). The van der Waals surface area contributed by atoms with E-state index in [1.54, 1.807) is 0 Å². The average molecular weight is 342 g/mol. The van der Waals surface area contributed by atoms with Crippen LogP contribution in [0.2, 0.25) is 0 Å². The zero-order valence-electron chi connectivity index (χ0n) is 14.7. The lowest BCUT2D eigenvalue weighted by Gasteiger charge is -2.30. The van der Waals surface area contributed by atoms with E-state index in [4.69, 9.17) is 9.97 Å².